The first-order valence-corrected chi connectivity index (χ1v) is 7.84. The normalized spacial score (nSPS) is 49.9. The Morgan fingerprint density at radius 2 is 1.76 bits per heavy atom. The number of carboxylic acid groups (broad SMARTS) is 1. The third-order valence-corrected chi connectivity index (χ3v) is 4.83. The van der Waals surface area contributed by atoms with Crippen molar-refractivity contribution in [2.45, 2.75) is 62.0 Å². The molecule has 0 aromatic heterocycles. The van der Waals surface area contributed by atoms with Gasteiger partial charge in [-0.3, -0.25) is 0 Å². The van der Waals surface area contributed by atoms with Gasteiger partial charge in [0.05, 0.1) is 18.8 Å². The molecule has 0 radical (unpaired) electrons. The summed E-state index contributed by atoms with van der Waals surface area (Å²) in [6.45, 7) is 0.996. The summed E-state index contributed by atoms with van der Waals surface area (Å²) >= 11 is 0. The quantitative estimate of drug-likeness (QED) is 0.294. The lowest BCUT2D eigenvalue weighted by atomic mass is 9.78. The zero-order chi connectivity index (χ0) is 18.5. The molecule has 2 saturated heterocycles. The first kappa shape index (κ1) is 18.5. The molecule has 3 rings (SSSR count). The molecule has 1 unspecified atom stereocenters. The van der Waals surface area contributed by atoms with Gasteiger partial charge < -0.3 is 44.8 Å². The molecule has 0 saturated carbocycles. The number of carbonyl (C=O) groups is 1. The predicted octanol–water partition coefficient (Wildman–Crippen LogP) is -3.57. The highest BCUT2D eigenvalue weighted by atomic mass is 16.7. The third kappa shape index (κ3) is 3.01. The number of rotatable bonds is 3. The Hall–Kier alpha value is -1.34. The van der Waals surface area contributed by atoms with Crippen LogP contribution in [0.3, 0.4) is 0 Å². The molecule has 0 aromatic rings. The van der Waals surface area contributed by atoms with Gasteiger partial charge >= 0.3 is 5.97 Å². The summed E-state index contributed by atoms with van der Waals surface area (Å²) in [6, 6.07) is -0.839. The Labute approximate surface area is 142 Å². The molecular weight excluding hydrogens is 342 g/mol. The Kier molecular flexibility index (Phi) is 4.99. The molecule has 3 aliphatic heterocycles. The second kappa shape index (κ2) is 6.76. The van der Waals surface area contributed by atoms with Crippen molar-refractivity contribution in [3.63, 3.8) is 0 Å². The first-order valence-electron chi connectivity index (χ1n) is 7.84. The van der Waals surface area contributed by atoms with Crippen LogP contribution < -0.4 is 0 Å². The van der Waals surface area contributed by atoms with E-state index in [1.54, 1.807) is 6.92 Å². The second-order valence-electron chi connectivity index (χ2n) is 6.38. The highest BCUT2D eigenvalue weighted by molar-refractivity contribution is 5.75. The molecule has 3 aliphatic rings. The molecule has 6 N–H and O–H groups in total. The van der Waals surface area contributed by atoms with Crippen LogP contribution in [0.25, 0.3) is 0 Å². The number of aliphatic imine (C=N–C) groups is 1. The summed E-state index contributed by atoms with van der Waals surface area (Å²) in [5.41, 5.74) is 0. The van der Waals surface area contributed by atoms with E-state index in [4.69, 9.17) is 19.3 Å². The fourth-order valence-electron chi connectivity index (χ4n) is 3.59. The summed E-state index contributed by atoms with van der Waals surface area (Å²) in [5, 5.41) is 59.2. The predicted molar refractivity (Wildman–Crippen MR) is 77.5 cm³/mol. The first-order chi connectivity index (χ1) is 11.8. The van der Waals surface area contributed by atoms with Crippen LogP contribution in [-0.4, -0.2) is 104 Å². The van der Waals surface area contributed by atoms with Gasteiger partial charge in [0.2, 0.25) is 6.29 Å². The third-order valence-electron chi connectivity index (χ3n) is 4.83. The Bertz CT molecular complexity index is 556. The van der Waals surface area contributed by atoms with Crippen molar-refractivity contribution in [2.24, 2.45) is 10.9 Å². The topological polar surface area (TPSA) is 178 Å². The molecule has 0 amide bonds. The van der Waals surface area contributed by atoms with E-state index in [-0.39, 0.29) is 5.90 Å². The van der Waals surface area contributed by atoms with Gasteiger partial charge in [-0.1, -0.05) is 0 Å². The largest absolute Gasteiger partial charge is 0.479 e. The van der Waals surface area contributed by atoms with Crippen LogP contribution in [0, 0.1) is 5.92 Å². The Morgan fingerprint density at radius 3 is 2.36 bits per heavy atom. The molecule has 11 heteroatoms. The second-order valence-corrected chi connectivity index (χ2v) is 6.38. The van der Waals surface area contributed by atoms with Gasteiger partial charge in [0, 0.05) is 12.8 Å². The zero-order valence-corrected chi connectivity index (χ0v) is 13.2. The molecule has 142 valence electrons. The maximum Gasteiger partial charge on any atom is 0.335 e. The fraction of sp³-hybridized carbons (Fsp3) is 0.857. The SMILES string of the molecule is CC1=N[C@@H]2C([C@@H]3O[C@H](C(=O)O)[C@@H](O)[C@H](O)[C@H]3O)[C@H](O)[C@@H](CO)O[C@@H]2O1. The number of aliphatic hydroxyl groups is 5. The van der Waals surface area contributed by atoms with E-state index in [0.29, 0.717) is 0 Å². The average Bonchev–Trinajstić information content (AvgIpc) is 2.92. The van der Waals surface area contributed by atoms with E-state index in [2.05, 4.69) is 4.99 Å². The lowest BCUT2D eigenvalue weighted by Crippen LogP contribution is -2.67. The molecule has 3 heterocycles. The van der Waals surface area contributed by atoms with E-state index < -0.39 is 73.6 Å². The van der Waals surface area contributed by atoms with Crippen molar-refractivity contribution in [3.8, 4) is 0 Å². The van der Waals surface area contributed by atoms with Crippen molar-refractivity contribution in [1.29, 1.82) is 0 Å². The average molecular weight is 363 g/mol. The number of nitrogens with zero attached hydrogens (tertiary/aromatic N) is 1. The molecule has 0 aliphatic carbocycles. The number of ether oxygens (including phenoxy) is 3. The lowest BCUT2D eigenvalue weighted by Gasteiger charge is -2.48. The molecule has 10 atom stereocenters. The van der Waals surface area contributed by atoms with Crippen molar-refractivity contribution in [2.75, 3.05) is 6.61 Å². The smallest absolute Gasteiger partial charge is 0.335 e. The van der Waals surface area contributed by atoms with Gasteiger partial charge in [-0.15, -0.1) is 0 Å². The van der Waals surface area contributed by atoms with Gasteiger partial charge in [0.1, 0.15) is 30.5 Å². The summed E-state index contributed by atoms with van der Waals surface area (Å²) in [4.78, 5) is 15.4. The number of aliphatic hydroxyl groups excluding tert-OH is 5. The Balaban J connectivity index is 1.94. The van der Waals surface area contributed by atoms with Crippen LogP contribution >= 0.6 is 0 Å². The van der Waals surface area contributed by atoms with Crippen LogP contribution in [0.4, 0.5) is 0 Å². The van der Waals surface area contributed by atoms with Crippen LogP contribution in [0.1, 0.15) is 6.92 Å². The van der Waals surface area contributed by atoms with Crippen LogP contribution in [0.15, 0.2) is 4.99 Å². The van der Waals surface area contributed by atoms with E-state index in [1.165, 1.54) is 0 Å². The summed E-state index contributed by atoms with van der Waals surface area (Å²) in [7, 11) is 0. The highest BCUT2D eigenvalue weighted by Crippen LogP contribution is 2.39. The summed E-state index contributed by atoms with van der Waals surface area (Å²) in [5.74, 6) is -2.30. The maximum atomic E-state index is 11.3. The number of hydrogen-bond acceptors (Lipinski definition) is 10. The molecule has 2 fully saturated rings. The summed E-state index contributed by atoms with van der Waals surface area (Å²) < 4.78 is 16.1. The molecule has 0 spiro atoms. The van der Waals surface area contributed by atoms with Gasteiger partial charge in [-0.25, -0.2) is 9.79 Å². The van der Waals surface area contributed by atoms with Crippen molar-refractivity contribution in [3.05, 3.63) is 0 Å². The Morgan fingerprint density at radius 1 is 1.08 bits per heavy atom. The number of hydrogen-bond donors (Lipinski definition) is 6. The summed E-state index contributed by atoms with van der Waals surface area (Å²) in [6.07, 6.45) is -11.9. The van der Waals surface area contributed by atoms with E-state index >= 15 is 0 Å². The van der Waals surface area contributed by atoms with E-state index in [1.807, 2.05) is 0 Å². The van der Waals surface area contributed by atoms with Crippen LogP contribution in [0.2, 0.25) is 0 Å². The van der Waals surface area contributed by atoms with Gasteiger partial charge in [0.25, 0.3) is 0 Å². The number of fused-ring (bicyclic) bond motifs is 1. The highest BCUT2D eigenvalue weighted by Gasteiger charge is 2.58. The zero-order valence-electron chi connectivity index (χ0n) is 13.2. The van der Waals surface area contributed by atoms with Gasteiger partial charge in [-0.05, 0) is 0 Å². The van der Waals surface area contributed by atoms with Gasteiger partial charge in [0.15, 0.2) is 12.0 Å². The fourth-order valence-corrected chi connectivity index (χ4v) is 3.59. The number of carboxylic acids is 1. The minimum Gasteiger partial charge on any atom is -0.479 e. The van der Waals surface area contributed by atoms with Crippen molar-refractivity contribution < 1.29 is 49.6 Å². The van der Waals surface area contributed by atoms with Gasteiger partial charge in [-0.2, -0.15) is 0 Å². The van der Waals surface area contributed by atoms with E-state index in [9.17, 15) is 30.3 Å². The standard InChI is InChI=1S/C14H21NO10/c1-3-15-6-5(7(17)4(2-16)24-14(6)23-3)11-9(19)8(18)10(20)12(25-11)13(21)22/h4-12,14,16-20H,2H2,1H3,(H,21,22)/t4-,5?,6-,7-,8-,9-,10+,11+,12+,14+/m1/s1. The molecular formula is C14H21NO10. The van der Waals surface area contributed by atoms with Crippen molar-refractivity contribution >= 4 is 11.9 Å². The molecule has 0 aromatic carbocycles. The molecule has 25 heavy (non-hydrogen) atoms. The number of aliphatic carboxylic acids is 1. The molecule has 11 nitrogen and oxygen atoms in total. The monoisotopic (exact) mass is 363 g/mol. The van der Waals surface area contributed by atoms with E-state index in [0.717, 1.165) is 0 Å². The maximum absolute atomic E-state index is 11.3. The van der Waals surface area contributed by atoms with Crippen LogP contribution in [-0.2, 0) is 19.0 Å². The minimum atomic E-state index is -1.84. The lowest BCUT2D eigenvalue weighted by molar-refractivity contribution is -0.279. The molecule has 0 bridgehead atoms. The van der Waals surface area contributed by atoms with Crippen LogP contribution in [0.5, 0.6) is 0 Å². The van der Waals surface area contributed by atoms with Crippen molar-refractivity contribution in [1.82, 2.24) is 0 Å². The minimum absolute atomic E-state index is 0.256.